The van der Waals surface area contributed by atoms with Crippen LogP contribution in [0.25, 0.3) is 0 Å². The lowest BCUT2D eigenvalue weighted by molar-refractivity contribution is -0.137. The molecule has 0 spiro atoms. The van der Waals surface area contributed by atoms with Crippen LogP contribution in [0.1, 0.15) is 59.9 Å². The summed E-state index contributed by atoms with van der Waals surface area (Å²) < 4.78 is 4.97. The van der Waals surface area contributed by atoms with E-state index in [0.717, 1.165) is 43.5 Å². The summed E-state index contributed by atoms with van der Waals surface area (Å²) in [7, 11) is 1.48. The molecule has 1 aliphatic carbocycles. The predicted molar refractivity (Wildman–Crippen MR) is 112 cm³/mol. The van der Waals surface area contributed by atoms with E-state index in [1.54, 1.807) is 18.6 Å². The Bertz CT molecular complexity index is 1030. The van der Waals surface area contributed by atoms with Gasteiger partial charge in [-0.1, -0.05) is 6.07 Å². The van der Waals surface area contributed by atoms with Gasteiger partial charge in [-0.3, -0.25) is 9.78 Å². The number of methoxy groups -OCH3 is 1. The van der Waals surface area contributed by atoms with Crippen LogP contribution >= 0.6 is 0 Å². The fraction of sp³-hybridized carbons (Fsp3) is 0.455. The van der Waals surface area contributed by atoms with Crippen LogP contribution in [0.4, 0.5) is 0 Å². The number of aromatic nitrogens is 6. The van der Waals surface area contributed by atoms with Gasteiger partial charge in [0.05, 0.1) is 25.4 Å². The minimum atomic E-state index is -0.946. The molecule has 0 amide bonds. The lowest BCUT2D eigenvalue weighted by Crippen LogP contribution is -2.18. The van der Waals surface area contributed by atoms with Crippen molar-refractivity contribution < 1.29 is 14.6 Å². The molecule has 31 heavy (non-hydrogen) atoms. The lowest BCUT2D eigenvalue weighted by Gasteiger charge is -2.15. The monoisotopic (exact) mass is 422 g/mol. The zero-order chi connectivity index (χ0) is 21.6. The van der Waals surface area contributed by atoms with E-state index in [1.807, 2.05) is 0 Å². The Kier molecular flexibility index (Phi) is 6.49. The van der Waals surface area contributed by atoms with E-state index < -0.39 is 12.0 Å². The van der Waals surface area contributed by atoms with Crippen molar-refractivity contribution in [1.82, 2.24) is 29.9 Å². The van der Waals surface area contributed by atoms with Crippen LogP contribution in [-0.4, -0.2) is 48.1 Å². The highest BCUT2D eigenvalue weighted by Crippen LogP contribution is 2.22. The van der Waals surface area contributed by atoms with Crippen molar-refractivity contribution in [3.05, 3.63) is 58.9 Å². The number of nitrogens with zero attached hydrogens (tertiary/aromatic N) is 6. The SMILES string of the molecule is COc1ncc(C(CC(=O)O)n2ncc(CCCc3ccc4c(n3)CCCC4)n2)cn1. The number of carboxylic acid groups (broad SMARTS) is 1. The number of carbonyl (C=O) groups is 1. The summed E-state index contributed by atoms with van der Waals surface area (Å²) in [6.45, 7) is 0. The van der Waals surface area contributed by atoms with Gasteiger partial charge >= 0.3 is 12.0 Å². The molecule has 9 heteroatoms. The molecule has 162 valence electrons. The molecule has 1 unspecified atom stereocenters. The molecular weight excluding hydrogens is 396 g/mol. The van der Waals surface area contributed by atoms with E-state index in [9.17, 15) is 9.90 Å². The zero-order valence-corrected chi connectivity index (χ0v) is 17.6. The fourth-order valence-corrected chi connectivity index (χ4v) is 3.89. The van der Waals surface area contributed by atoms with Gasteiger partial charge in [0.1, 0.15) is 6.04 Å². The number of aliphatic carboxylic acids is 1. The van der Waals surface area contributed by atoms with E-state index in [2.05, 4.69) is 32.3 Å². The van der Waals surface area contributed by atoms with Crippen LogP contribution in [0.5, 0.6) is 6.01 Å². The van der Waals surface area contributed by atoms with Gasteiger partial charge in [-0.05, 0) is 56.6 Å². The highest BCUT2D eigenvalue weighted by Gasteiger charge is 2.21. The Hall–Kier alpha value is -3.36. The first kappa shape index (κ1) is 20.9. The molecule has 1 N–H and O–H groups in total. The summed E-state index contributed by atoms with van der Waals surface area (Å²) in [6, 6.07) is 4.00. The van der Waals surface area contributed by atoms with Crippen molar-refractivity contribution in [3.63, 3.8) is 0 Å². The molecule has 0 aliphatic heterocycles. The van der Waals surface area contributed by atoms with Crippen LogP contribution in [0.15, 0.2) is 30.7 Å². The number of rotatable bonds is 9. The van der Waals surface area contributed by atoms with Crippen molar-refractivity contribution in [2.24, 2.45) is 0 Å². The molecule has 0 saturated carbocycles. The van der Waals surface area contributed by atoms with E-state index in [4.69, 9.17) is 9.72 Å². The maximum Gasteiger partial charge on any atom is 0.316 e. The smallest absolute Gasteiger partial charge is 0.316 e. The van der Waals surface area contributed by atoms with E-state index >= 15 is 0 Å². The number of fused-ring (bicyclic) bond motifs is 1. The second-order valence-electron chi connectivity index (χ2n) is 7.74. The third-order valence-electron chi connectivity index (χ3n) is 5.52. The third kappa shape index (κ3) is 5.22. The normalized spacial score (nSPS) is 14.1. The van der Waals surface area contributed by atoms with Gasteiger partial charge in [0.25, 0.3) is 0 Å². The van der Waals surface area contributed by atoms with Gasteiger partial charge in [0.15, 0.2) is 0 Å². The van der Waals surface area contributed by atoms with E-state index in [-0.39, 0.29) is 12.4 Å². The molecule has 0 saturated heterocycles. The quantitative estimate of drug-likeness (QED) is 0.559. The second kappa shape index (κ2) is 9.63. The Morgan fingerprint density at radius 1 is 1.13 bits per heavy atom. The van der Waals surface area contributed by atoms with Crippen LogP contribution in [0.2, 0.25) is 0 Å². The standard InChI is InChI=1S/C22H26N6O3/c1-31-22-23-12-16(13-24-22)20(11-21(29)30)28-25-14-18(27-28)7-4-6-17-10-9-15-5-2-3-8-19(15)26-17/h9-10,12-14,20H,2-8,11H2,1H3,(H,29,30). The molecule has 4 rings (SSSR count). The molecule has 0 fully saturated rings. The number of carboxylic acids is 1. The average molecular weight is 422 g/mol. The lowest BCUT2D eigenvalue weighted by atomic mass is 9.95. The van der Waals surface area contributed by atoms with Crippen molar-refractivity contribution >= 4 is 5.97 Å². The molecule has 1 atom stereocenters. The van der Waals surface area contributed by atoms with Crippen LogP contribution in [0.3, 0.4) is 0 Å². The second-order valence-corrected chi connectivity index (χ2v) is 7.74. The predicted octanol–water partition coefficient (Wildman–Crippen LogP) is 2.59. The minimum Gasteiger partial charge on any atom is -0.481 e. The Labute approximate surface area is 180 Å². The van der Waals surface area contributed by atoms with Gasteiger partial charge in [-0.2, -0.15) is 15.0 Å². The number of hydrogen-bond acceptors (Lipinski definition) is 7. The summed E-state index contributed by atoms with van der Waals surface area (Å²) in [5, 5.41) is 18.2. The maximum absolute atomic E-state index is 11.4. The van der Waals surface area contributed by atoms with E-state index in [1.165, 1.54) is 36.0 Å². The van der Waals surface area contributed by atoms with Gasteiger partial charge in [-0.25, -0.2) is 9.97 Å². The first-order valence-electron chi connectivity index (χ1n) is 10.6. The number of pyridine rings is 1. The molecule has 0 aromatic carbocycles. The topological polar surface area (TPSA) is 116 Å². The van der Waals surface area contributed by atoms with Gasteiger partial charge in [0.2, 0.25) is 0 Å². The fourth-order valence-electron chi connectivity index (χ4n) is 3.89. The summed E-state index contributed by atoms with van der Waals surface area (Å²) >= 11 is 0. The van der Waals surface area contributed by atoms with Crippen molar-refractivity contribution in [2.45, 2.75) is 57.4 Å². The summed E-state index contributed by atoms with van der Waals surface area (Å²) in [5.74, 6) is -0.946. The van der Waals surface area contributed by atoms with Crippen LogP contribution < -0.4 is 4.74 Å². The first-order chi connectivity index (χ1) is 15.1. The Morgan fingerprint density at radius 3 is 2.68 bits per heavy atom. The highest BCUT2D eigenvalue weighted by molar-refractivity contribution is 5.67. The zero-order valence-electron chi connectivity index (χ0n) is 17.6. The van der Waals surface area contributed by atoms with Gasteiger partial charge in [-0.15, -0.1) is 0 Å². The first-order valence-corrected chi connectivity index (χ1v) is 10.6. The molecule has 0 bridgehead atoms. The van der Waals surface area contributed by atoms with E-state index in [0.29, 0.717) is 5.56 Å². The van der Waals surface area contributed by atoms with Crippen molar-refractivity contribution in [3.8, 4) is 6.01 Å². The maximum atomic E-state index is 11.4. The van der Waals surface area contributed by atoms with Gasteiger partial charge < -0.3 is 9.84 Å². The molecule has 3 aromatic heterocycles. The van der Waals surface area contributed by atoms with Crippen LogP contribution in [0, 0.1) is 0 Å². The third-order valence-corrected chi connectivity index (χ3v) is 5.52. The Balaban J connectivity index is 1.40. The molecular formula is C22H26N6O3. The number of aryl methyl sites for hydroxylation is 4. The van der Waals surface area contributed by atoms with Gasteiger partial charge in [0, 0.05) is 29.3 Å². The molecule has 3 heterocycles. The van der Waals surface area contributed by atoms with Crippen molar-refractivity contribution in [1.29, 1.82) is 0 Å². The molecule has 9 nitrogen and oxygen atoms in total. The molecule has 3 aromatic rings. The summed E-state index contributed by atoms with van der Waals surface area (Å²) in [6.07, 6.45) is 11.9. The van der Waals surface area contributed by atoms with Crippen molar-refractivity contribution in [2.75, 3.05) is 7.11 Å². The summed E-state index contributed by atoms with van der Waals surface area (Å²) in [4.78, 5) is 25.8. The highest BCUT2D eigenvalue weighted by atomic mass is 16.5. The number of hydrogen-bond donors (Lipinski definition) is 1. The Morgan fingerprint density at radius 2 is 1.90 bits per heavy atom. The molecule has 1 aliphatic rings. The minimum absolute atomic E-state index is 0.164. The molecule has 0 radical (unpaired) electrons. The summed E-state index contributed by atoms with van der Waals surface area (Å²) in [5.41, 5.74) is 5.21. The number of ether oxygens (including phenoxy) is 1. The largest absolute Gasteiger partial charge is 0.481 e. The average Bonchev–Trinajstić information content (AvgIpc) is 3.26. The van der Waals surface area contributed by atoms with Crippen LogP contribution in [-0.2, 0) is 30.5 Å².